The summed E-state index contributed by atoms with van der Waals surface area (Å²) in [5, 5.41) is 0. The summed E-state index contributed by atoms with van der Waals surface area (Å²) >= 11 is 0. The highest BCUT2D eigenvalue weighted by atomic mass is 16.6. The van der Waals surface area contributed by atoms with Gasteiger partial charge in [-0.2, -0.15) is 0 Å². The summed E-state index contributed by atoms with van der Waals surface area (Å²) in [6.45, 7) is 2.90. The summed E-state index contributed by atoms with van der Waals surface area (Å²) in [6.07, 6.45) is 2.10. The van der Waals surface area contributed by atoms with Gasteiger partial charge in [0.25, 0.3) is 0 Å². The van der Waals surface area contributed by atoms with Crippen LogP contribution in [0.5, 0.6) is 23.0 Å². The minimum absolute atomic E-state index is 0.0781. The number of methoxy groups -OCH3 is 2. The van der Waals surface area contributed by atoms with E-state index in [1.54, 1.807) is 19.1 Å². The number of amides is 1. The Labute approximate surface area is 183 Å². The first-order valence-corrected chi connectivity index (χ1v) is 10.7. The number of hydrogen-bond donors (Lipinski definition) is 0. The Morgan fingerprint density at radius 1 is 1.13 bits per heavy atom. The molecule has 0 aliphatic carbocycles. The summed E-state index contributed by atoms with van der Waals surface area (Å²) in [4.78, 5) is 17.0. The van der Waals surface area contributed by atoms with Crippen molar-refractivity contribution in [1.29, 1.82) is 0 Å². The number of hydrogen-bond acceptors (Lipinski definition) is 6. The van der Waals surface area contributed by atoms with E-state index in [-0.39, 0.29) is 11.9 Å². The van der Waals surface area contributed by atoms with E-state index < -0.39 is 0 Å². The van der Waals surface area contributed by atoms with E-state index in [1.165, 1.54) is 5.56 Å². The first-order chi connectivity index (χ1) is 15.1. The van der Waals surface area contributed by atoms with Gasteiger partial charge in [0.15, 0.2) is 23.0 Å². The fraction of sp³-hybridized carbons (Fsp3) is 0.458. The normalized spacial score (nSPS) is 18.0. The first kappa shape index (κ1) is 21.3. The molecule has 2 aliphatic rings. The van der Waals surface area contributed by atoms with Crippen molar-refractivity contribution < 1.29 is 23.7 Å². The van der Waals surface area contributed by atoms with Crippen LogP contribution >= 0.6 is 0 Å². The lowest BCUT2D eigenvalue weighted by molar-refractivity contribution is -0.131. The molecular formula is C24H30N2O5. The van der Waals surface area contributed by atoms with Gasteiger partial charge in [0.2, 0.25) is 5.91 Å². The van der Waals surface area contributed by atoms with Crippen LogP contribution in [0.3, 0.4) is 0 Å². The molecule has 7 heteroatoms. The van der Waals surface area contributed by atoms with E-state index in [2.05, 4.69) is 17.0 Å². The zero-order valence-corrected chi connectivity index (χ0v) is 18.4. The summed E-state index contributed by atoms with van der Waals surface area (Å²) in [6, 6.07) is 12.1. The van der Waals surface area contributed by atoms with Crippen LogP contribution in [-0.2, 0) is 11.3 Å². The van der Waals surface area contributed by atoms with Gasteiger partial charge in [-0.05, 0) is 43.1 Å². The van der Waals surface area contributed by atoms with Crippen LogP contribution < -0.4 is 18.9 Å². The third-order valence-electron chi connectivity index (χ3n) is 5.97. The van der Waals surface area contributed by atoms with Crippen LogP contribution in [-0.4, -0.2) is 63.3 Å². The average Bonchev–Trinajstić information content (AvgIpc) is 3.26. The molecule has 166 valence electrons. The number of para-hydroxylation sites is 1. The molecule has 1 atom stereocenters. The molecule has 1 amide bonds. The van der Waals surface area contributed by atoms with Crippen LogP contribution in [0.1, 0.15) is 30.0 Å². The van der Waals surface area contributed by atoms with Crippen molar-refractivity contribution in [2.24, 2.45) is 0 Å². The number of rotatable bonds is 7. The molecule has 2 heterocycles. The van der Waals surface area contributed by atoms with Gasteiger partial charge in [-0.25, -0.2) is 0 Å². The Morgan fingerprint density at radius 3 is 2.71 bits per heavy atom. The summed E-state index contributed by atoms with van der Waals surface area (Å²) in [5.41, 5.74) is 2.09. The summed E-state index contributed by atoms with van der Waals surface area (Å²) in [7, 11) is 5.06. The number of ether oxygens (including phenoxy) is 4. The Balaban J connectivity index is 1.43. The topological polar surface area (TPSA) is 60.5 Å². The van der Waals surface area contributed by atoms with Gasteiger partial charge in [-0.1, -0.05) is 18.2 Å². The van der Waals surface area contributed by atoms with Crippen LogP contribution in [0.2, 0.25) is 0 Å². The molecule has 1 unspecified atom stereocenters. The molecule has 1 saturated heterocycles. The van der Waals surface area contributed by atoms with Crippen LogP contribution in [0, 0.1) is 0 Å². The zero-order valence-electron chi connectivity index (χ0n) is 18.4. The molecule has 4 rings (SSSR count). The average molecular weight is 427 g/mol. The van der Waals surface area contributed by atoms with Crippen molar-refractivity contribution in [3.05, 3.63) is 47.5 Å². The zero-order chi connectivity index (χ0) is 21.8. The van der Waals surface area contributed by atoms with E-state index in [4.69, 9.17) is 18.9 Å². The van der Waals surface area contributed by atoms with Crippen LogP contribution in [0.25, 0.3) is 0 Å². The second kappa shape index (κ2) is 9.47. The molecule has 0 aromatic heterocycles. The van der Waals surface area contributed by atoms with Gasteiger partial charge in [0, 0.05) is 25.2 Å². The largest absolute Gasteiger partial charge is 0.493 e. The van der Waals surface area contributed by atoms with E-state index in [0.29, 0.717) is 37.8 Å². The van der Waals surface area contributed by atoms with Crippen molar-refractivity contribution in [3.63, 3.8) is 0 Å². The van der Waals surface area contributed by atoms with Gasteiger partial charge in [0.05, 0.1) is 20.8 Å². The Bertz CT molecular complexity index is 932. The lowest BCUT2D eigenvalue weighted by Gasteiger charge is -2.28. The lowest BCUT2D eigenvalue weighted by Crippen LogP contribution is -2.38. The number of carbonyl (C=O) groups excluding carboxylic acids is 1. The van der Waals surface area contributed by atoms with Gasteiger partial charge in [0.1, 0.15) is 13.2 Å². The molecule has 1 fully saturated rings. The maximum absolute atomic E-state index is 13.0. The fourth-order valence-electron chi connectivity index (χ4n) is 4.38. The van der Waals surface area contributed by atoms with E-state index in [0.717, 1.165) is 36.4 Å². The molecule has 0 spiro atoms. The Hall–Kier alpha value is -2.93. The number of fused-ring (bicyclic) bond motifs is 1. The molecule has 2 aromatic rings. The Morgan fingerprint density at radius 2 is 1.94 bits per heavy atom. The second-order valence-electron chi connectivity index (χ2n) is 7.93. The molecule has 0 saturated carbocycles. The lowest BCUT2D eigenvalue weighted by atomic mass is 10.0. The predicted molar refractivity (Wildman–Crippen MR) is 117 cm³/mol. The van der Waals surface area contributed by atoms with Crippen molar-refractivity contribution in [3.8, 4) is 23.0 Å². The fourth-order valence-corrected chi connectivity index (χ4v) is 4.38. The highest BCUT2D eigenvalue weighted by molar-refractivity contribution is 5.78. The minimum Gasteiger partial charge on any atom is -0.493 e. The smallest absolute Gasteiger partial charge is 0.236 e. The maximum Gasteiger partial charge on any atom is 0.236 e. The second-order valence-corrected chi connectivity index (χ2v) is 7.93. The first-order valence-electron chi connectivity index (χ1n) is 10.7. The third-order valence-corrected chi connectivity index (χ3v) is 5.97. The van der Waals surface area contributed by atoms with Crippen molar-refractivity contribution >= 4 is 5.91 Å². The van der Waals surface area contributed by atoms with Crippen LogP contribution in [0.4, 0.5) is 0 Å². The van der Waals surface area contributed by atoms with Crippen LogP contribution in [0.15, 0.2) is 36.4 Å². The third kappa shape index (κ3) is 4.56. The van der Waals surface area contributed by atoms with Crippen molar-refractivity contribution in [2.45, 2.75) is 25.4 Å². The number of benzene rings is 2. The van der Waals surface area contributed by atoms with Gasteiger partial charge in [-0.15, -0.1) is 0 Å². The van der Waals surface area contributed by atoms with Crippen molar-refractivity contribution in [2.75, 3.05) is 47.6 Å². The maximum atomic E-state index is 13.0. The van der Waals surface area contributed by atoms with E-state index in [1.807, 2.05) is 31.3 Å². The summed E-state index contributed by atoms with van der Waals surface area (Å²) < 4.78 is 22.3. The molecule has 0 radical (unpaired) electrons. The molecule has 2 aliphatic heterocycles. The molecule has 2 aromatic carbocycles. The molecule has 0 bridgehead atoms. The molecule has 0 N–H and O–H groups in total. The quantitative estimate of drug-likeness (QED) is 0.677. The monoisotopic (exact) mass is 426 g/mol. The highest BCUT2D eigenvalue weighted by Gasteiger charge is 2.29. The molecule has 31 heavy (non-hydrogen) atoms. The number of likely N-dealkylation sites (N-methyl/N-ethyl adjacent to an activating group) is 1. The minimum atomic E-state index is 0.0781. The van der Waals surface area contributed by atoms with Gasteiger partial charge >= 0.3 is 0 Å². The molecular weight excluding hydrogens is 396 g/mol. The van der Waals surface area contributed by atoms with Gasteiger partial charge < -0.3 is 23.8 Å². The van der Waals surface area contributed by atoms with E-state index >= 15 is 0 Å². The van der Waals surface area contributed by atoms with E-state index in [9.17, 15) is 4.79 Å². The van der Waals surface area contributed by atoms with Crippen molar-refractivity contribution in [1.82, 2.24) is 9.80 Å². The molecule has 7 nitrogen and oxygen atoms in total. The number of carbonyl (C=O) groups is 1. The standard InChI is InChI=1S/C24H30N2O5/c1-25(15-18-6-4-8-21(28-2)24(18)29-3)23(27)16-26-11-5-7-19(26)17-9-10-20-22(14-17)31-13-12-30-20/h4,6,8-10,14,19H,5,7,11-13,15-16H2,1-3H3. The Kier molecular flexibility index (Phi) is 6.51. The number of nitrogens with zero attached hydrogens (tertiary/aromatic N) is 2. The van der Waals surface area contributed by atoms with Gasteiger partial charge in [-0.3, -0.25) is 9.69 Å². The summed E-state index contributed by atoms with van der Waals surface area (Å²) in [5.74, 6) is 3.00. The number of likely N-dealkylation sites (tertiary alicyclic amines) is 1. The predicted octanol–water partition coefficient (Wildman–Crippen LogP) is 3.27. The highest BCUT2D eigenvalue weighted by Crippen LogP contribution is 2.38. The SMILES string of the molecule is COc1cccc(CN(C)C(=O)CN2CCCC2c2ccc3c(c2)OCCO3)c1OC.